The molecule has 1 N–H and O–H groups in total. The molecule has 0 aromatic heterocycles. The van der Waals surface area contributed by atoms with Crippen molar-refractivity contribution in [1.82, 2.24) is 5.32 Å². The fourth-order valence-electron chi connectivity index (χ4n) is 2.10. The van der Waals surface area contributed by atoms with E-state index in [-0.39, 0.29) is 5.82 Å². The molecule has 1 aromatic carbocycles. The molecular formula is C13H17BrFNO. The molecule has 2 nitrogen and oxygen atoms in total. The molecule has 1 heterocycles. The Bertz CT molecular complexity index is 386. The van der Waals surface area contributed by atoms with Gasteiger partial charge >= 0.3 is 0 Å². The zero-order valence-corrected chi connectivity index (χ0v) is 11.5. The maximum atomic E-state index is 12.9. The van der Waals surface area contributed by atoms with E-state index in [1.165, 1.54) is 12.1 Å². The standard InChI is InChI=1S/C13H17BrFNO/c1-9-10(4-5-17-9)7-16-8-11-2-3-12(15)6-13(11)14/h2-3,6,9-10,16H,4-5,7-8H2,1H3. The van der Waals surface area contributed by atoms with Crippen molar-refractivity contribution in [3.05, 3.63) is 34.1 Å². The molecule has 94 valence electrons. The van der Waals surface area contributed by atoms with E-state index in [1.54, 1.807) is 6.07 Å². The number of hydrogen-bond acceptors (Lipinski definition) is 2. The Labute approximate surface area is 110 Å². The number of benzene rings is 1. The van der Waals surface area contributed by atoms with Crippen LogP contribution in [0.5, 0.6) is 0 Å². The van der Waals surface area contributed by atoms with Gasteiger partial charge in [-0.05, 0) is 37.0 Å². The van der Waals surface area contributed by atoms with E-state index < -0.39 is 0 Å². The molecule has 17 heavy (non-hydrogen) atoms. The second-order valence-corrected chi connectivity index (χ2v) is 5.35. The van der Waals surface area contributed by atoms with Crippen molar-refractivity contribution in [2.45, 2.75) is 26.0 Å². The van der Waals surface area contributed by atoms with Crippen molar-refractivity contribution in [1.29, 1.82) is 0 Å². The van der Waals surface area contributed by atoms with Crippen molar-refractivity contribution >= 4 is 15.9 Å². The first-order valence-corrected chi connectivity index (χ1v) is 6.72. The van der Waals surface area contributed by atoms with E-state index in [2.05, 4.69) is 28.2 Å². The molecule has 0 aliphatic carbocycles. The molecule has 1 aliphatic heterocycles. The second-order valence-electron chi connectivity index (χ2n) is 4.49. The summed E-state index contributed by atoms with van der Waals surface area (Å²) in [6, 6.07) is 4.79. The van der Waals surface area contributed by atoms with Gasteiger partial charge in [-0.2, -0.15) is 0 Å². The van der Waals surface area contributed by atoms with Crippen LogP contribution in [-0.4, -0.2) is 19.3 Å². The molecule has 2 atom stereocenters. The average molecular weight is 302 g/mol. The Morgan fingerprint density at radius 3 is 3.00 bits per heavy atom. The Morgan fingerprint density at radius 2 is 2.35 bits per heavy atom. The highest BCUT2D eigenvalue weighted by Crippen LogP contribution is 2.20. The van der Waals surface area contributed by atoms with Crippen LogP contribution in [0.2, 0.25) is 0 Å². The van der Waals surface area contributed by atoms with Crippen LogP contribution in [0.25, 0.3) is 0 Å². The minimum absolute atomic E-state index is 0.210. The molecule has 2 unspecified atom stereocenters. The fraction of sp³-hybridized carbons (Fsp3) is 0.538. The topological polar surface area (TPSA) is 21.3 Å². The Hall–Kier alpha value is -0.450. The molecule has 0 radical (unpaired) electrons. The average Bonchev–Trinajstić information content (AvgIpc) is 2.68. The molecule has 1 saturated heterocycles. The Morgan fingerprint density at radius 1 is 1.53 bits per heavy atom. The SMILES string of the molecule is CC1OCCC1CNCc1ccc(F)cc1Br. The third-order valence-electron chi connectivity index (χ3n) is 3.27. The minimum atomic E-state index is -0.210. The lowest BCUT2D eigenvalue weighted by Crippen LogP contribution is -2.26. The van der Waals surface area contributed by atoms with E-state index >= 15 is 0 Å². The van der Waals surface area contributed by atoms with Crippen molar-refractivity contribution in [3.8, 4) is 0 Å². The molecular weight excluding hydrogens is 285 g/mol. The van der Waals surface area contributed by atoms with E-state index in [4.69, 9.17) is 4.74 Å². The predicted molar refractivity (Wildman–Crippen MR) is 69.3 cm³/mol. The zero-order chi connectivity index (χ0) is 12.3. The third kappa shape index (κ3) is 3.50. The first kappa shape index (κ1) is 13.0. The van der Waals surface area contributed by atoms with Gasteiger partial charge in [0.2, 0.25) is 0 Å². The summed E-state index contributed by atoms with van der Waals surface area (Å²) in [5.74, 6) is 0.382. The van der Waals surface area contributed by atoms with Crippen molar-refractivity contribution in [3.63, 3.8) is 0 Å². The quantitative estimate of drug-likeness (QED) is 0.923. The Kier molecular flexibility index (Phi) is 4.54. The summed E-state index contributed by atoms with van der Waals surface area (Å²) in [5.41, 5.74) is 1.08. The zero-order valence-electron chi connectivity index (χ0n) is 9.88. The van der Waals surface area contributed by atoms with Crippen molar-refractivity contribution in [2.75, 3.05) is 13.2 Å². The maximum absolute atomic E-state index is 12.9. The maximum Gasteiger partial charge on any atom is 0.124 e. The minimum Gasteiger partial charge on any atom is -0.378 e. The number of hydrogen-bond donors (Lipinski definition) is 1. The number of nitrogens with one attached hydrogen (secondary N) is 1. The number of ether oxygens (including phenoxy) is 1. The summed E-state index contributed by atoms with van der Waals surface area (Å²) in [5, 5.41) is 3.40. The highest BCUT2D eigenvalue weighted by Gasteiger charge is 2.23. The van der Waals surface area contributed by atoms with Crippen LogP contribution < -0.4 is 5.32 Å². The van der Waals surface area contributed by atoms with Crippen LogP contribution in [0.1, 0.15) is 18.9 Å². The van der Waals surface area contributed by atoms with E-state index in [9.17, 15) is 4.39 Å². The smallest absolute Gasteiger partial charge is 0.124 e. The van der Waals surface area contributed by atoms with Crippen LogP contribution in [0.15, 0.2) is 22.7 Å². The van der Waals surface area contributed by atoms with Gasteiger partial charge in [0.25, 0.3) is 0 Å². The lowest BCUT2D eigenvalue weighted by molar-refractivity contribution is 0.105. The first-order valence-electron chi connectivity index (χ1n) is 5.93. The molecule has 1 aliphatic rings. The Balaban J connectivity index is 1.81. The summed E-state index contributed by atoms with van der Waals surface area (Å²) in [6.07, 6.45) is 1.47. The predicted octanol–water partition coefficient (Wildman–Crippen LogP) is 3.10. The van der Waals surface area contributed by atoms with Crippen LogP contribution in [0, 0.1) is 11.7 Å². The van der Waals surface area contributed by atoms with Gasteiger partial charge in [0, 0.05) is 24.2 Å². The van der Waals surface area contributed by atoms with Gasteiger partial charge in [-0.25, -0.2) is 4.39 Å². The lowest BCUT2D eigenvalue weighted by Gasteiger charge is -2.15. The van der Waals surface area contributed by atoms with Crippen molar-refractivity contribution < 1.29 is 9.13 Å². The van der Waals surface area contributed by atoms with Crippen molar-refractivity contribution in [2.24, 2.45) is 5.92 Å². The van der Waals surface area contributed by atoms with Crippen LogP contribution >= 0.6 is 15.9 Å². The van der Waals surface area contributed by atoms with E-state index in [0.29, 0.717) is 12.0 Å². The first-order chi connectivity index (χ1) is 8.16. The third-order valence-corrected chi connectivity index (χ3v) is 4.01. The highest BCUT2D eigenvalue weighted by atomic mass is 79.9. The van der Waals surface area contributed by atoms with E-state index in [0.717, 1.165) is 36.2 Å². The largest absolute Gasteiger partial charge is 0.378 e. The number of halogens is 2. The molecule has 0 amide bonds. The molecule has 0 saturated carbocycles. The van der Waals surface area contributed by atoms with Gasteiger partial charge in [-0.15, -0.1) is 0 Å². The molecule has 1 aromatic rings. The van der Waals surface area contributed by atoms with Gasteiger partial charge in [0.1, 0.15) is 5.82 Å². The molecule has 1 fully saturated rings. The summed E-state index contributed by atoms with van der Waals surface area (Å²) in [6.45, 7) is 4.69. The molecule has 0 bridgehead atoms. The van der Waals surface area contributed by atoms with E-state index in [1.807, 2.05) is 0 Å². The molecule has 4 heteroatoms. The summed E-state index contributed by atoms with van der Waals surface area (Å²) >= 11 is 3.37. The monoisotopic (exact) mass is 301 g/mol. The highest BCUT2D eigenvalue weighted by molar-refractivity contribution is 9.10. The molecule has 0 spiro atoms. The number of rotatable bonds is 4. The second kappa shape index (κ2) is 5.94. The van der Waals surface area contributed by atoms with Gasteiger partial charge in [0.05, 0.1) is 6.10 Å². The summed E-state index contributed by atoms with van der Waals surface area (Å²) < 4.78 is 19.2. The summed E-state index contributed by atoms with van der Waals surface area (Å²) in [4.78, 5) is 0. The molecule has 2 rings (SSSR count). The van der Waals surface area contributed by atoms with Gasteiger partial charge in [-0.1, -0.05) is 22.0 Å². The normalized spacial score (nSPS) is 24.2. The van der Waals surface area contributed by atoms with Crippen LogP contribution in [0.3, 0.4) is 0 Å². The van der Waals surface area contributed by atoms with Gasteiger partial charge in [0.15, 0.2) is 0 Å². The lowest BCUT2D eigenvalue weighted by atomic mass is 10.0. The summed E-state index contributed by atoms with van der Waals surface area (Å²) in [7, 11) is 0. The fourth-order valence-corrected chi connectivity index (χ4v) is 2.59. The van der Waals surface area contributed by atoms with Gasteiger partial charge < -0.3 is 10.1 Å². The van der Waals surface area contributed by atoms with Crippen LogP contribution in [0.4, 0.5) is 4.39 Å². The van der Waals surface area contributed by atoms with Gasteiger partial charge in [-0.3, -0.25) is 0 Å². The van der Waals surface area contributed by atoms with Crippen LogP contribution in [-0.2, 0) is 11.3 Å².